The zero-order chi connectivity index (χ0) is 22.3. The lowest BCUT2D eigenvalue weighted by Gasteiger charge is -2.18. The van der Waals surface area contributed by atoms with Crippen molar-refractivity contribution in [1.29, 1.82) is 0 Å². The molecular formula is C20H23F2N3O4S. The average Bonchev–Trinajstić information content (AvgIpc) is 2.72. The molecule has 2 rings (SSSR count). The van der Waals surface area contributed by atoms with Gasteiger partial charge in [-0.3, -0.25) is 4.79 Å². The van der Waals surface area contributed by atoms with Gasteiger partial charge in [-0.1, -0.05) is 32.0 Å². The molecule has 162 valence electrons. The van der Waals surface area contributed by atoms with Gasteiger partial charge in [-0.25, -0.2) is 13.8 Å². The third-order valence-corrected chi connectivity index (χ3v) is 6.30. The third-order valence-electron chi connectivity index (χ3n) is 4.26. The van der Waals surface area contributed by atoms with E-state index in [1.54, 1.807) is 19.9 Å². The minimum Gasteiger partial charge on any atom is -0.434 e. The van der Waals surface area contributed by atoms with Crippen molar-refractivity contribution in [2.75, 3.05) is 13.1 Å². The number of amides is 1. The standard InChI is InChI=1S/C20H23F2N3O4S/c1-4-25(5-2)30(27,28)16-10-8-9-15(13-16)19(26)24-23-14(3)17-11-6-7-12-18(17)29-20(21)22/h6-13,20H,4-5H2,1-3H3,(H,24,26). The predicted octanol–water partition coefficient (Wildman–Crippen LogP) is 3.47. The minimum atomic E-state index is -3.72. The number of ether oxygens (including phenoxy) is 1. The second-order valence-corrected chi connectivity index (χ2v) is 8.07. The van der Waals surface area contributed by atoms with E-state index in [-0.39, 0.29) is 27.5 Å². The molecule has 2 aromatic carbocycles. The van der Waals surface area contributed by atoms with Gasteiger partial charge < -0.3 is 4.74 Å². The first kappa shape index (κ1) is 23.4. The summed E-state index contributed by atoms with van der Waals surface area (Å²) in [4.78, 5) is 12.4. The molecule has 0 fully saturated rings. The van der Waals surface area contributed by atoms with Crippen LogP contribution in [0.15, 0.2) is 58.5 Å². The van der Waals surface area contributed by atoms with Gasteiger partial charge in [-0.15, -0.1) is 0 Å². The van der Waals surface area contributed by atoms with Gasteiger partial charge in [0.05, 0.1) is 10.6 Å². The van der Waals surface area contributed by atoms with Crippen LogP contribution >= 0.6 is 0 Å². The van der Waals surface area contributed by atoms with E-state index in [1.165, 1.54) is 53.7 Å². The number of hydrazone groups is 1. The highest BCUT2D eigenvalue weighted by atomic mass is 32.2. The number of alkyl halides is 2. The Morgan fingerprint density at radius 1 is 1.13 bits per heavy atom. The van der Waals surface area contributed by atoms with Gasteiger partial charge in [0.2, 0.25) is 10.0 Å². The number of sulfonamides is 1. The van der Waals surface area contributed by atoms with Gasteiger partial charge in [0.1, 0.15) is 5.75 Å². The molecule has 0 radical (unpaired) electrons. The van der Waals surface area contributed by atoms with Crippen LogP contribution in [0.5, 0.6) is 5.75 Å². The minimum absolute atomic E-state index is 0.00442. The molecule has 0 saturated carbocycles. The topological polar surface area (TPSA) is 88.1 Å². The van der Waals surface area contributed by atoms with Crippen LogP contribution in [0.25, 0.3) is 0 Å². The SMILES string of the molecule is CCN(CC)S(=O)(=O)c1cccc(C(=O)NN=C(C)c2ccccc2OC(F)F)c1. The number of carbonyl (C=O) groups is 1. The maximum atomic E-state index is 12.6. The van der Waals surface area contributed by atoms with E-state index < -0.39 is 22.5 Å². The van der Waals surface area contributed by atoms with Crippen molar-refractivity contribution >= 4 is 21.6 Å². The van der Waals surface area contributed by atoms with Gasteiger partial charge in [0, 0.05) is 24.2 Å². The number of nitrogens with zero attached hydrogens (tertiary/aromatic N) is 2. The Morgan fingerprint density at radius 3 is 2.43 bits per heavy atom. The highest BCUT2D eigenvalue weighted by Gasteiger charge is 2.22. The molecule has 0 spiro atoms. The number of rotatable bonds is 9. The summed E-state index contributed by atoms with van der Waals surface area (Å²) in [6.45, 7) is 2.59. The molecule has 0 bridgehead atoms. The zero-order valence-electron chi connectivity index (χ0n) is 16.8. The van der Waals surface area contributed by atoms with Crippen LogP contribution < -0.4 is 10.2 Å². The summed E-state index contributed by atoms with van der Waals surface area (Å²) in [5, 5.41) is 3.93. The molecule has 7 nitrogen and oxygen atoms in total. The number of carbonyl (C=O) groups excluding carboxylic acids is 1. The first-order chi connectivity index (χ1) is 14.2. The van der Waals surface area contributed by atoms with Crippen LogP contribution in [0, 0.1) is 0 Å². The molecule has 10 heteroatoms. The fraction of sp³-hybridized carbons (Fsp3) is 0.300. The Labute approximate surface area is 174 Å². The summed E-state index contributed by atoms with van der Waals surface area (Å²) in [7, 11) is -3.72. The Balaban J connectivity index is 2.23. The lowest BCUT2D eigenvalue weighted by atomic mass is 10.1. The molecule has 0 unspecified atom stereocenters. The van der Waals surface area contributed by atoms with Crippen LogP contribution in [0.4, 0.5) is 8.78 Å². The Bertz CT molecular complexity index is 1020. The van der Waals surface area contributed by atoms with E-state index in [0.717, 1.165) is 0 Å². The number of para-hydroxylation sites is 1. The van der Waals surface area contributed by atoms with E-state index >= 15 is 0 Å². The summed E-state index contributed by atoms with van der Waals surface area (Å²) in [6, 6.07) is 11.6. The van der Waals surface area contributed by atoms with Gasteiger partial charge >= 0.3 is 6.61 Å². The number of halogens is 2. The molecular weight excluding hydrogens is 416 g/mol. The zero-order valence-corrected chi connectivity index (χ0v) is 17.6. The molecule has 0 aliphatic heterocycles. The van der Waals surface area contributed by atoms with Crippen molar-refractivity contribution < 1.29 is 26.7 Å². The van der Waals surface area contributed by atoms with Crippen molar-refractivity contribution in [2.45, 2.75) is 32.3 Å². The monoisotopic (exact) mass is 439 g/mol. The van der Waals surface area contributed by atoms with E-state index in [4.69, 9.17) is 0 Å². The molecule has 0 heterocycles. The van der Waals surface area contributed by atoms with Crippen LogP contribution in [0.2, 0.25) is 0 Å². The molecule has 1 N–H and O–H groups in total. The fourth-order valence-electron chi connectivity index (χ4n) is 2.73. The Kier molecular flexibility index (Phi) is 8.01. The normalized spacial score (nSPS) is 12.3. The molecule has 1 amide bonds. The summed E-state index contributed by atoms with van der Waals surface area (Å²) >= 11 is 0. The Hall–Kier alpha value is -2.85. The number of hydrogen-bond acceptors (Lipinski definition) is 5. The van der Waals surface area contributed by atoms with Gasteiger partial charge in [-0.05, 0) is 37.3 Å². The number of nitrogens with one attached hydrogen (secondary N) is 1. The maximum absolute atomic E-state index is 12.6. The van der Waals surface area contributed by atoms with E-state index in [0.29, 0.717) is 13.1 Å². The molecule has 0 atom stereocenters. The van der Waals surface area contributed by atoms with Crippen molar-refractivity contribution in [3.8, 4) is 5.75 Å². The molecule has 2 aromatic rings. The van der Waals surface area contributed by atoms with Gasteiger partial charge in [0.15, 0.2) is 0 Å². The van der Waals surface area contributed by atoms with E-state index in [2.05, 4.69) is 15.3 Å². The second kappa shape index (κ2) is 10.3. The largest absolute Gasteiger partial charge is 0.434 e. The molecule has 0 aliphatic carbocycles. The quantitative estimate of drug-likeness (QED) is 0.479. The van der Waals surface area contributed by atoms with E-state index in [9.17, 15) is 22.0 Å². The lowest BCUT2D eigenvalue weighted by molar-refractivity contribution is -0.0499. The maximum Gasteiger partial charge on any atom is 0.387 e. The van der Waals surface area contributed by atoms with Gasteiger partial charge in [-0.2, -0.15) is 18.2 Å². The van der Waals surface area contributed by atoms with Crippen LogP contribution in [0.3, 0.4) is 0 Å². The first-order valence-electron chi connectivity index (χ1n) is 9.19. The van der Waals surface area contributed by atoms with Crippen molar-refractivity contribution in [3.05, 3.63) is 59.7 Å². The summed E-state index contributed by atoms with van der Waals surface area (Å²) in [5.41, 5.74) is 2.94. The van der Waals surface area contributed by atoms with Crippen molar-refractivity contribution in [2.24, 2.45) is 5.10 Å². The highest BCUT2D eigenvalue weighted by molar-refractivity contribution is 7.89. The lowest BCUT2D eigenvalue weighted by Crippen LogP contribution is -2.30. The molecule has 0 aromatic heterocycles. The summed E-state index contributed by atoms with van der Waals surface area (Å²) in [5.74, 6) is -0.714. The first-order valence-corrected chi connectivity index (χ1v) is 10.6. The van der Waals surface area contributed by atoms with Crippen molar-refractivity contribution in [1.82, 2.24) is 9.73 Å². The second-order valence-electron chi connectivity index (χ2n) is 6.13. The van der Waals surface area contributed by atoms with Gasteiger partial charge in [0.25, 0.3) is 5.91 Å². The van der Waals surface area contributed by atoms with Crippen LogP contribution in [0.1, 0.15) is 36.7 Å². The smallest absolute Gasteiger partial charge is 0.387 e. The third kappa shape index (κ3) is 5.61. The van der Waals surface area contributed by atoms with Crippen LogP contribution in [-0.4, -0.2) is 44.0 Å². The number of hydrogen-bond donors (Lipinski definition) is 1. The summed E-state index contributed by atoms with van der Waals surface area (Å²) in [6.07, 6.45) is 0. The van der Waals surface area contributed by atoms with Crippen LogP contribution in [-0.2, 0) is 10.0 Å². The molecule has 0 aliphatic rings. The molecule has 30 heavy (non-hydrogen) atoms. The predicted molar refractivity (Wildman–Crippen MR) is 109 cm³/mol. The van der Waals surface area contributed by atoms with Crippen molar-refractivity contribution in [3.63, 3.8) is 0 Å². The number of benzene rings is 2. The summed E-state index contributed by atoms with van der Waals surface area (Å²) < 4.78 is 56.1. The Morgan fingerprint density at radius 2 is 1.80 bits per heavy atom. The average molecular weight is 439 g/mol. The fourth-order valence-corrected chi connectivity index (χ4v) is 4.24. The molecule has 0 saturated heterocycles. The highest BCUT2D eigenvalue weighted by Crippen LogP contribution is 2.21. The van der Waals surface area contributed by atoms with E-state index in [1.807, 2.05) is 0 Å².